The van der Waals surface area contributed by atoms with Crippen molar-refractivity contribution in [3.8, 4) is 0 Å². The van der Waals surface area contributed by atoms with E-state index in [1.807, 2.05) is 6.92 Å². The summed E-state index contributed by atoms with van der Waals surface area (Å²) in [6, 6.07) is -0.323. The van der Waals surface area contributed by atoms with E-state index in [-0.39, 0.29) is 30.7 Å². The van der Waals surface area contributed by atoms with Crippen LogP contribution in [0.25, 0.3) is 0 Å². The molecule has 3 N–H and O–H groups in total. The molecule has 0 radical (unpaired) electrons. The fourth-order valence-corrected chi connectivity index (χ4v) is 1.66. The van der Waals surface area contributed by atoms with Gasteiger partial charge in [0.2, 0.25) is 5.91 Å². The van der Waals surface area contributed by atoms with Gasteiger partial charge >= 0.3 is 0 Å². The summed E-state index contributed by atoms with van der Waals surface area (Å²) < 4.78 is 5.16. The average molecular weight is 216 g/mol. The van der Waals surface area contributed by atoms with E-state index in [0.29, 0.717) is 13.0 Å². The van der Waals surface area contributed by atoms with Crippen LogP contribution in [0.4, 0.5) is 0 Å². The highest BCUT2D eigenvalue weighted by molar-refractivity contribution is 5.82. The maximum Gasteiger partial charge on any atom is 0.237 e. The molecular weight excluding hydrogens is 196 g/mol. The van der Waals surface area contributed by atoms with Crippen molar-refractivity contribution in [1.29, 1.82) is 0 Å². The van der Waals surface area contributed by atoms with Crippen LogP contribution in [-0.2, 0) is 9.53 Å². The standard InChI is InChI=1S/C10H20N2O3/c1-3-7(6-13)12-10(14)9-4-8(15-2)5-11-9/h7-9,11,13H,3-6H2,1-2H3,(H,12,14). The van der Waals surface area contributed by atoms with E-state index in [2.05, 4.69) is 10.6 Å². The maximum absolute atomic E-state index is 11.7. The van der Waals surface area contributed by atoms with Gasteiger partial charge in [-0.25, -0.2) is 0 Å². The molecule has 0 aromatic rings. The van der Waals surface area contributed by atoms with Crippen LogP contribution in [0.3, 0.4) is 0 Å². The van der Waals surface area contributed by atoms with Crippen LogP contribution in [0.15, 0.2) is 0 Å². The van der Waals surface area contributed by atoms with Crippen LogP contribution in [0.1, 0.15) is 19.8 Å². The lowest BCUT2D eigenvalue weighted by atomic mass is 10.1. The van der Waals surface area contributed by atoms with Crippen molar-refractivity contribution >= 4 is 5.91 Å². The minimum Gasteiger partial charge on any atom is -0.394 e. The lowest BCUT2D eigenvalue weighted by molar-refractivity contribution is -0.124. The van der Waals surface area contributed by atoms with Crippen LogP contribution in [0.5, 0.6) is 0 Å². The fraction of sp³-hybridized carbons (Fsp3) is 0.900. The van der Waals surface area contributed by atoms with Crippen LogP contribution in [-0.4, -0.2) is 49.5 Å². The third kappa shape index (κ3) is 3.44. The molecule has 88 valence electrons. The minimum absolute atomic E-state index is 0.0112. The second-order valence-electron chi connectivity index (χ2n) is 3.85. The summed E-state index contributed by atoms with van der Waals surface area (Å²) in [5.74, 6) is -0.0459. The first-order chi connectivity index (χ1) is 7.21. The minimum atomic E-state index is -0.185. The summed E-state index contributed by atoms with van der Waals surface area (Å²) in [7, 11) is 1.65. The Kier molecular flexibility index (Phi) is 5.01. The third-order valence-electron chi connectivity index (χ3n) is 2.80. The zero-order valence-corrected chi connectivity index (χ0v) is 9.32. The Morgan fingerprint density at radius 2 is 2.47 bits per heavy atom. The highest BCUT2D eigenvalue weighted by Crippen LogP contribution is 2.09. The normalized spacial score (nSPS) is 27.7. The van der Waals surface area contributed by atoms with E-state index in [0.717, 1.165) is 6.42 Å². The van der Waals surface area contributed by atoms with Crippen molar-refractivity contribution in [3.63, 3.8) is 0 Å². The molecule has 0 saturated carbocycles. The van der Waals surface area contributed by atoms with Crippen molar-refractivity contribution in [3.05, 3.63) is 0 Å². The number of methoxy groups -OCH3 is 1. The molecule has 1 aliphatic heterocycles. The Morgan fingerprint density at radius 1 is 1.73 bits per heavy atom. The van der Waals surface area contributed by atoms with Gasteiger partial charge in [0, 0.05) is 13.7 Å². The fourth-order valence-electron chi connectivity index (χ4n) is 1.66. The van der Waals surface area contributed by atoms with Crippen molar-refractivity contribution in [2.24, 2.45) is 0 Å². The van der Waals surface area contributed by atoms with Crippen LogP contribution < -0.4 is 10.6 Å². The molecular formula is C10H20N2O3. The Hall–Kier alpha value is -0.650. The van der Waals surface area contributed by atoms with E-state index in [9.17, 15) is 4.79 Å². The van der Waals surface area contributed by atoms with E-state index in [1.165, 1.54) is 0 Å². The number of aliphatic hydroxyl groups is 1. The molecule has 0 aromatic carbocycles. The number of rotatable bonds is 5. The number of ether oxygens (including phenoxy) is 1. The Labute approximate surface area is 90.2 Å². The molecule has 1 rings (SSSR count). The van der Waals surface area contributed by atoms with Crippen molar-refractivity contribution in [2.75, 3.05) is 20.3 Å². The summed E-state index contributed by atoms with van der Waals surface area (Å²) >= 11 is 0. The molecule has 3 unspecified atom stereocenters. The van der Waals surface area contributed by atoms with Gasteiger partial charge in [0.1, 0.15) is 0 Å². The van der Waals surface area contributed by atoms with Gasteiger partial charge in [0.05, 0.1) is 24.8 Å². The SMILES string of the molecule is CCC(CO)NC(=O)C1CC(OC)CN1. The predicted octanol–water partition coefficient (Wildman–Crippen LogP) is -0.750. The molecule has 0 aromatic heterocycles. The second kappa shape index (κ2) is 6.05. The van der Waals surface area contributed by atoms with Gasteiger partial charge < -0.3 is 20.5 Å². The molecule has 1 saturated heterocycles. The molecule has 3 atom stereocenters. The summed E-state index contributed by atoms with van der Waals surface area (Å²) in [6.45, 7) is 2.63. The quantitative estimate of drug-likeness (QED) is 0.565. The average Bonchev–Trinajstić information content (AvgIpc) is 2.74. The van der Waals surface area contributed by atoms with E-state index in [4.69, 9.17) is 9.84 Å². The lowest BCUT2D eigenvalue weighted by Gasteiger charge is -2.17. The van der Waals surface area contributed by atoms with Gasteiger partial charge in [0.25, 0.3) is 0 Å². The third-order valence-corrected chi connectivity index (χ3v) is 2.80. The number of amides is 1. The molecule has 1 fully saturated rings. The molecule has 0 spiro atoms. The largest absolute Gasteiger partial charge is 0.394 e. The molecule has 15 heavy (non-hydrogen) atoms. The zero-order valence-electron chi connectivity index (χ0n) is 9.32. The Balaban J connectivity index is 2.34. The summed E-state index contributed by atoms with van der Waals surface area (Å²) in [5.41, 5.74) is 0. The van der Waals surface area contributed by atoms with Crippen LogP contribution >= 0.6 is 0 Å². The molecule has 5 nitrogen and oxygen atoms in total. The van der Waals surface area contributed by atoms with Crippen LogP contribution in [0, 0.1) is 0 Å². The summed E-state index contributed by atoms with van der Waals surface area (Å²) in [4.78, 5) is 11.7. The number of hydrogen-bond acceptors (Lipinski definition) is 4. The second-order valence-corrected chi connectivity index (χ2v) is 3.85. The number of nitrogens with one attached hydrogen (secondary N) is 2. The zero-order chi connectivity index (χ0) is 11.3. The summed E-state index contributed by atoms with van der Waals surface area (Å²) in [5, 5.41) is 14.8. The molecule has 5 heteroatoms. The van der Waals surface area contributed by atoms with Gasteiger partial charge in [-0.05, 0) is 12.8 Å². The molecule has 0 bridgehead atoms. The number of aliphatic hydroxyl groups excluding tert-OH is 1. The van der Waals surface area contributed by atoms with Crippen LogP contribution in [0.2, 0.25) is 0 Å². The summed E-state index contributed by atoms with van der Waals surface area (Å²) in [6.07, 6.45) is 1.56. The van der Waals surface area contributed by atoms with E-state index in [1.54, 1.807) is 7.11 Å². The van der Waals surface area contributed by atoms with Crippen molar-refractivity contribution < 1.29 is 14.6 Å². The van der Waals surface area contributed by atoms with Gasteiger partial charge in [-0.1, -0.05) is 6.92 Å². The highest BCUT2D eigenvalue weighted by Gasteiger charge is 2.29. The smallest absolute Gasteiger partial charge is 0.237 e. The van der Waals surface area contributed by atoms with Gasteiger partial charge in [-0.3, -0.25) is 4.79 Å². The molecule has 0 aliphatic carbocycles. The van der Waals surface area contributed by atoms with E-state index >= 15 is 0 Å². The Bertz CT molecular complexity index is 207. The van der Waals surface area contributed by atoms with Gasteiger partial charge in [-0.2, -0.15) is 0 Å². The molecule has 1 amide bonds. The number of carbonyl (C=O) groups is 1. The maximum atomic E-state index is 11.7. The first-order valence-electron chi connectivity index (χ1n) is 5.38. The predicted molar refractivity (Wildman–Crippen MR) is 56.5 cm³/mol. The molecule has 1 aliphatic rings. The lowest BCUT2D eigenvalue weighted by Crippen LogP contribution is -2.46. The van der Waals surface area contributed by atoms with Gasteiger partial charge in [0.15, 0.2) is 0 Å². The Morgan fingerprint density at radius 3 is 2.93 bits per heavy atom. The number of carbonyl (C=O) groups excluding carboxylic acids is 1. The monoisotopic (exact) mass is 216 g/mol. The van der Waals surface area contributed by atoms with Gasteiger partial charge in [-0.15, -0.1) is 0 Å². The topological polar surface area (TPSA) is 70.6 Å². The van der Waals surface area contributed by atoms with E-state index < -0.39 is 0 Å². The highest BCUT2D eigenvalue weighted by atomic mass is 16.5. The first kappa shape index (κ1) is 12.4. The van der Waals surface area contributed by atoms with Crippen molar-refractivity contribution in [2.45, 2.75) is 38.0 Å². The molecule has 1 heterocycles. The number of hydrogen-bond donors (Lipinski definition) is 3. The first-order valence-corrected chi connectivity index (χ1v) is 5.38. The van der Waals surface area contributed by atoms with Crippen molar-refractivity contribution in [1.82, 2.24) is 10.6 Å².